The Bertz CT molecular complexity index is 1700. The van der Waals surface area contributed by atoms with Crippen LogP contribution in [0.1, 0.15) is 11.1 Å². The highest BCUT2D eigenvalue weighted by molar-refractivity contribution is 6.18. The van der Waals surface area contributed by atoms with Crippen LogP contribution in [-0.4, -0.2) is 4.98 Å². The van der Waals surface area contributed by atoms with E-state index < -0.39 is 0 Å². The molecule has 6 rings (SSSR count). The van der Waals surface area contributed by atoms with Crippen LogP contribution in [0, 0.1) is 19.7 Å². The number of halogens is 1. The van der Waals surface area contributed by atoms with Crippen LogP contribution < -0.4 is 0 Å². The maximum absolute atomic E-state index is 14.7. The molecule has 0 spiro atoms. The number of fused-ring (bicyclic) bond motifs is 3. The molecule has 2 heteroatoms. The van der Waals surface area contributed by atoms with E-state index in [1.807, 2.05) is 36.5 Å². The summed E-state index contributed by atoms with van der Waals surface area (Å²) in [6.07, 6.45) is 1.87. The highest BCUT2D eigenvalue weighted by atomic mass is 19.1. The van der Waals surface area contributed by atoms with Crippen molar-refractivity contribution in [2.75, 3.05) is 0 Å². The zero-order chi connectivity index (χ0) is 23.9. The SMILES string of the molecule is Cc1cc(C)cc(-c2nccc3cc(-c4ccccc4-c4ccccc4)c4cc(F)ccc4c23)c1. The van der Waals surface area contributed by atoms with Crippen molar-refractivity contribution in [3.63, 3.8) is 0 Å². The van der Waals surface area contributed by atoms with Gasteiger partial charge in [-0.3, -0.25) is 4.98 Å². The molecule has 5 aromatic carbocycles. The summed E-state index contributed by atoms with van der Waals surface area (Å²) in [5.74, 6) is -0.243. The molecular formula is C33H24FN. The molecule has 0 bridgehead atoms. The minimum Gasteiger partial charge on any atom is -0.256 e. The van der Waals surface area contributed by atoms with E-state index in [-0.39, 0.29) is 5.82 Å². The quantitative estimate of drug-likeness (QED) is 0.243. The molecule has 168 valence electrons. The van der Waals surface area contributed by atoms with E-state index in [1.54, 1.807) is 12.1 Å². The van der Waals surface area contributed by atoms with Gasteiger partial charge in [-0.1, -0.05) is 77.9 Å². The van der Waals surface area contributed by atoms with Crippen molar-refractivity contribution >= 4 is 21.5 Å². The summed E-state index contributed by atoms with van der Waals surface area (Å²) < 4.78 is 14.7. The van der Waals surface area contributed by atoms with Gasteiger partial charge in [-0.2, -0.15) is 0 Å². The van der Waals surface area contributed by atoms with E-state index in [0.717, 1.165) is 55.1 Å². The molecule has 6 aromatic rings. The third-order valence-corrected chi connectivity index (χ3v) is 6.62. The standard InChI is InChI=1S/C33H24FN/c1-21-16-22(2)18-25(17-21)33-32-24(14-15-35-33)19-30(31-20-26(34)12-13-29(31)32)28-11-7-6-10-27(28)23-8-4-3-5-9-23/h3-20H,1-2H3. The minimum atomic E-state index is -0.243. The molecule has 0 radical (unpaired) electrons. The van der Waals surface area contributed by atoms with Gasteiger partial charge in [0.05, 0.1) is 5.69 Å². The summed E-state index contributed by atoms with van der Waals surface area (Å²) in [4.78, 5) is 4.81. The maximum atomic E-state index is 14.7. The van der Waals surface area contributed by atoms with Crippen LogP contribution >= 0.6 is 0 Å². The van der Waals surface area contributed by atoms with Crippen LogP contribution in [0.2, 0.25) is 0 Å². The molecule has 0 N–H and O–H groups in total. The lowest BCUT2D eigenvalue weighted by Crippen LogP contribution is -1.93. The predicted molar refractivity (Wildman–Crippen MR) is 145 cm³/mol. The van der Waals surface area contributed by atoms with E-state index >= 15 is 0 Å². The van der Waals surface area contributed by atoms with Gasteiger partial charge in [0.1, 0.15) is 5.82 Å². The molecule has 1 nitrogen and oxygen atoms in total. The molecule has 1 heterocycles. The Balaban J connectivity index is 1.71. The fourth-order valence-electron chi connectivity index (χ4n) is 5.21. The van der Waals surface area contributed by atoms with E-state index in [2.05, 4.69) is 74.5 Å². The molecule has 0 aliphatic heterocycles. The van der Waals surface area contributed by atoms with Gasteiger partial charge >= 0.3 is 0 Å². The largest absolute Gasteiger partial charge is 0.256 e. The van der Waals surface area contributed by atoms with E-state index in [4.69, 9.17) is 4.98 Å². The van der Waals surface area contributed by atoms with E-state index in [0.29, 0.717) is 0 Å². The van der Waals surface area contributed by atoms with Crippen LogP contribution in [0.4, 0.5) is 4.39 Å². The molecule has 0 fully saturated rings. The molecule has 0 saturated heterocycles. The summed E-state index contributed by atoms with van der Waals surface area (Å²) >= 11 is 0. The van der Waals surface area contributed by atoms with Crippen LogP contribution in [-0.2, 0) is 0 Å². The normalized spacial score (nSPS) is 11.3. The van der Waals surface area contributed by atoms with Crippen molar-refractivity contribution in [1.29, 1.82) is 0 Å². The average Bonchev–Trinajstić information content (AvgIpc) is 2.87. The number of nitrogens with zero attached hydrogens (tertiary/aromatic N) is 1. The second kappa shape index (κ2) is 8.48. The lowest BCUT2D eigenvalue weighted by molar-refractivity contribution is 0.630. The summed E-state index contributed by atoms with van der Waals surface area (Å²) in [7, 11) is 0. The summed E-state index contributed by atoms with van der Waals surface area (Å²) in [6, 6.07) is 34.6. The fraction of sp³-hybridized carbons (Fsp3) is 0.0606. The predicted octanol–water partition coefficient (Wildman–Crippen LogP) is 9.14. The van der Waals surface area contributed by atoms with Crippen LogP contribution in [0.25, 0.3) is 55.1 Å². The Morgan fingerprint density at radius 3 is 2.06 bits per heavy atom. The number of hydrogen-bond acceptors (Lipinski definition) is 1. The first-order valence-corrected chi connectivity index (χ1v) is 11.8. The lowest BCUT2D eigenvalue weighted by Gasteiger charge is -2.17. The first-order valence-electron chi connectivity index (χ1n) is 11.8. The fourth-order valence-corrected chi connectivity index (χ4v) is 5.21. The second-order valence-corrected chi connectivity index (χ2v) is 9.16. The van der Waals surface area contributed by atoms with Crippen LogP contribution in [0.15, 0.2) is 109 Å². The van der Waals surface area contributed by atoms with E-state index in [1.165, 1.54) is 11.1 Å². The van der Waals surface area contributed by atoms with Gasteiger partial charge in [0, 0.05) is 17.1 Å². The number of pyridine rings is 1. The Kier molecular flexibility index (Phi) is 5.15. The highest BCUT2D eigenvalue weighted by Crippen LogP contribution is 2.42. The molecule has 0 unspecified atom stereocenters. The van der Waals surface area contributed by atoms with Crippen molar-refractivity contribution in [2.45, 2.75) is 13.8 Å². The van der Waals surface area contributed by atoms with Gasteiger partial charge in [-0.15, -0.1) is 0 Å². The Morgan fingerprint density at radius 1 is 0.571 bits per heavy atom. The van der Waals surface area contributed by atoms with Crippen LogP contribution in [0.5, 0.6) is 0 Å². The molecular weight excluding hydrogens is 429 g/mol. The van der Waals surface area contributed by atoms with Crippen molar-refractivity contribution < 1.29 is 4.39 Å². The van der Waals surface area contributed by atoms with Gasteiger partial charge in [-0.05, 0) is 88.7 Å². The zero-order valence-corrected chi connectivity index (χ0v) is 19.7. The lowest BCUT2D eigenvalue weighted by atomic mass is 9.88. The molecule has 0 atom stereocenters. The summed E-state index contributed by atoms with van der Waals surface area (Å²) in [6.45, 7) is 4.21. The number of aryl methyl sites for hydroxylation is 2. The molecule has 1 aromatic heterocycles. The van der Waals surface area contributed by atoms with Gasteiger partial charge in [0.15, 0.2) is 0 Å². The molecule has 0 amide bonds. The van der Waals surface area contributed by atoms with Crippen molar-refractivity contribution in [3.8, 4) is 33.5 Å². The minimum absolute atomic E-state index is 0.243. The average molecular weight is 454 g/mol. The molecule has 35 heavy (non-hydrogen) atoms. The second-order valence-electron chi connectivity index (χ2n) is 9.16. The Morgan fingerprint density at radius 2 is 1.29 bits per heavy atom. The monoisotopic (exact) mass is 453 g/mol. The number of hydrogen-bond donors (Lipinski definition) is 0. The van der Waals surface area contributed by atoms with E-state index in [9.17, 15) is 4.39 Å². The third-order valence-electron chi connectivity index (χ3n) is 6.62. The van der Waals surface area contributed by atoms with Crippen molar-refractivity contribution in [3.05, 3.63) is 126 Å². The topological polar surface area (TPSA) is 12.9 Å². The number of aromatic nitrogens is 1. The highest BCUT2D eigenvalue weighted by Gasteiger charge is 2.16. The Hall–Kier alpha value is -4.30. The van der Waals surface area contributed by atoms with Crippen molar-refractivity contribution in [2.24, 2.45) is 0 Å². The molecule has 0 aliphatic carbocycles. The zero-order valence-electron chi connectivity index (χ0n) is 19.7. The summed E-state index contributed by atoms with van der Waals surface area (Å²) in [5, 5.41) is 4.03. The Labute approximate surface area is 204 Å². The third kappa shape index (κ3) is 3.77. The maximum Gasteiger partial charge on any atom is 0.123 e. The number of rotatable bonds is 3. The molecule has 0 saturated carbocycles. The number of benzene rings is 5. The van der Waals surface area contributed by atoms with Gasteiger partial charge in [-0.25, -0.2) is 4.39 Å². The van der Waals surface area contributed by atoms with Gasteiger partial charge in [0.2, 0.25) is 0 Å². The van der Waals surface area contributed by atoms with Crippen molar-refractivity contribution in [1.82, 2.24) is 4.98 Å². The first-order chi connectivity index (χ1) is 17.1. The first kappa shape index (κ1) is 21.2. The van der Waals surface area contributed by atoms with Gasteiger partial charge < -0.3 is 0 Å². The smallest absolute Gasteiger partial charge is 0.123 e. The van der Waals surface area contributed by atoms with Crippen LogP contribution in [0.3, 0.4) is 0 Å². The van der Waals surface area contributed by atoms with Gasteiger partial charge in [0.25, 0.3) is 0 Å². The molecule has 0 aliphatic rings. The summed E-state index contributed by atoms with van der Waals surface area (Å²) in [5.41, 5.74) is 8.76.